The van der Waals surface area contributed by atoms with Crippen molar-refractivity contribution in [1.29, 1.82) is 0 Å². The molecule has 0 aromatic carbocycles. The summed E-state index contributed by atoms with van der Waals surface area (Å²) in [6.45, 7) is 0. The molecule has 0 bridgehead atoms. The maximum Gasteiger partial charge on any atom is 1.00 e. The summed E-state index contributed by atoms with van der Waals surface area (Å²) in [5.41, 5.74) is 0. The third kappa shape index (κ3) is 703. The second-order valence-corrected chi connectivity index (χ2v) is 1.03. The summed E-state index contributed by atoms with van der Waals surface area (Å²) in [6, 6.07) is 0. The standard InChI is InChI=1S/CH2O3.2Na.O3Si/c2-1(3)4;;;1-4(2)3/h(H2,2,3,4);;;/q;2*+1;-2. The van der Waals surface area contributed by atoms with Gasteiger partial charge in [0.1, 0.15) is 0 Å². The molecular formula is CH2Na2O6Si. The third-order valence-electron chi connectivity index (χ3n) is 0. The van der Waals surface area contributed by atoms with Gasteiger partial charge in [0.2, 0.25) is 0 Å². The average molecular weight is 184 g/mol. The quantitative estimate of drug-likeness (QED) is 0.360. The van der Waals surface area contributed by atoms with E-state index in [0.717, 1.165) is 0 Å². The second-order valence-electron chi connectivity index (χ2n) is 0.533. The Morgan fingerprint density at radius 1 is 1.20 bits per heavy atom. The summed E-state index contributed by atoms with van der Waals surface area (Å²) in [5.74, 6) is 0. The molecule has 0 heterocycles. The van der Waals surface area contributed by atoms with Gasteiger partial charge in [-0.3, -0.25) is 0 Å². The first-order valence-electron chi connectivity index (χ1n) is 1.26. The Labute approximate surface area is 102 Å². The molecule has 6 nitrogen and oxygen atoms in total. The summed E-state index contributed by atoms with van der Waals surface area (Å²) in [7, 11) is -3.63. The second kappa shape index (κ2) is 16.5. The van der Waals surface area contributed by atoms with E-state index < -0.39 is 15.3 Å². The zero-order valence-electron chi connectivity index (χ0n) is 5.53. The summed E-state index contributed by atoms with van der Waals surface area (Å²) in [6.07, 6.45) is -1.83. The van der Waals surface area contributed by atoms with Crippen LogP contribution in [-0.2, 0) is 4.46 Å². The van der Waals surface area contributed by atoms with Gasteiger partial charge in [0.15, 0.2) is 0 Å². The molecule has 0 spiro atoms. The molecule has 48 valence electrons. The van der Waals surface area contributed by atoms with Crippen LogP contribution in [0.2, 0.25) is 0 Å². The number of hydrogen-bond acceptors (Lipinski definition) is 4. The molecule has 0 unspecified atom stereocenters. The Kier molecular flexibility index (Phi) is 36.9. The summed E-state index contributed by atoms with van der Waals surface area (Å²) in [4.78, 5) is 25.6. The SMILES string of the molecule is O=C(O)O.O=[Si]([O-])[O-].[Na+].[Na+]. The molecule has 0 radical (unpaired) electrons. The van der Waals surface area contributed by atoms with Crippen LogP contribution in [0.5, 0.6) is 0 Å². The Morgan fingerprint density at radius 3 is 1.20 bits per heavy atom. The predicted molar refractivity (Wildman–Crippen MR) is 17.1 cm³/mol. The smallest absolute Gasteiger partial charge is 0.672 e. The van der Waals surface area contributed by atoms with Crippen molar-refractivity contribution in [3.8, 4) is 0 Å². The van der Waals surface area contributed by atoms with Crippen molar-refractivity contribution in [2.75, 3.05) is 0 Å². The van der Waals surface area contributed by atoms with Crippen LogP contribution in [-0.4, -0.2) is 25.5 Å². The minimum atomic E-state index is -3.63. The van der Waals surface area contributed by atoms with Crippen LogP contribution in [0.1, 0.15) is 0 Å². The topological polar surface area (TPSA) is 121 Å². The third-order valence-corrected chi connectivity index (χ3v) is 0. The Balaban J connectivity index is -0.0000000300. The first-order chi connectivity index (χ1) is 3.46. The number of hydrogen-bond donors (Lipinski definition) is 2. The van der Waals surface area contributed by atoms with Crippen LogP contribution >= 0.6 is 0 Å². The van der Waals surface area contributed by atoms with Gasteiger partial charge in [-0.05, 0) is 0 Å². The molecule has 10 heavy (non-hydrogen) atoms. The molecule has 0 aliphatic carbocycles. The fourth-order valence-electron chi connectivity index (χ4n) is 0. The van der Waals surface area contributed by atoms with Crippen molar-refractivity contribution in [3.05, 3.63) is 0 Å². The number of carbonyl (C=O) groups is 1. The van der Waals surface area contributed by atoms with Crippen LogP contribution in [0.25, 0.3) is 0 Å². The fourth-order valence-corrected chi connectivity index (χ4v) is 0. The molecule has 2 N–H and O–H groups in total. The summed E-state index contributed by atoms with van der Waals surface area (Å²) >= 11 is 0. The molecule has 0 aromatic rings. The fraction of sp³-hybridized carbons (Fsp3) is 0. The van der Waals surface area contributed by atoms with Crippen LogP contribution in [0.4, 0.5) is 4.79 Å². The van der Waals surface area contributed by atoms with Crippen molar-refractivity contribution < 1.29 is 88.2 Å². The molecule has 0 saturated carbocycles. The molecular weight excluding hydrogens is 182 g/mol. The average Bonchev–Trinajstić information content (AvgIpc) is 1.25. The van der Waals surface area contributed by atoms with Gasteiger partial charge in [-0.1, -0.05) is 0 Å². The molecule has 0 aliphatic heterocycles. The maximum atomic E-state index is 8.56. The molecule has 0 rings (SSSR count). The predicted octanol–water partition coefficient (Wildman–Crippen LogP) is -8.65. The zero-order chi connectivity index (χ0) is 7.15. The largest absolute Gasteiger partial charge is 1.00 e. The van der Waals surface area contributed by atoms with E-state index in [-0.39, 0.29) is 59.1 Å². The van der Waals surface area contributed by atoms with Gasteiger partial charge in [0.25, 0.3) is 0 Å². The molecule has 0 amide bonds. The van der Waals surface area contributed by atoms with E-state index in [1.165, 1.54) is 0 Å². The monoisotopic (exact) mass is 184 g/mol. The molecule has 9 heteroatoms. The van der Waals surface area contributed by atoms with E-state index in [1.54, 1.807) is 0 Å². The van der Waals surface area contributed by atoms with E-state index in [1.807, 2.05) is 0 Å². The van der Waals surface area contributed by atoms with E-state index in [4.69, 9.17) is 29.1 Å². The van der Waals surface area contributed by atoms with Crippen molar-refractivity contribution >= 4 is 15.3 Å². The van der Waals surface area contributed by atoms with Gasteiger partial charge in [-0.15, -0.1) is 0 Å². The Hall–Kier alpha value is 0.887. The van der Waals surface area contributed by atoms with E-state index in [0.29, 0.717) is 0 Å². The van der Waals surface area contributed by atoms with E-state index in [9.17, 15) is 0 Å². The van der Waals surface area contributed by atoms with Crippen LogP contribution in [0.3, 0.4) is 0 Å². The minimum Gasteiger partial charge on any atom is -0.672 e. The van der Waals surface area contributed by atoms with Crippen molar-refractivity contribution in [2.24, 2.45) is 0 Å². The van der Waals surface area contributed by atoms with Crippen molar-refractivity contribution in [2.45, 2.75) is 0 Å². The van der Waals surface area contributed by atoms with Crippen molar-refractivity contribution in [3.63, 3.8) is 0 Å². The zero-order valence-corrected chi connectivity index (χ0v) is 10.5. The first-order valence-corrected chi connectivity index (χ1v) is 2.49. The molecule has 0 aliphatic rings. The van der Waals surface area contributed by atoms with Crippen LogP contribution in [0, 0.1) is 0 Å². The Bertz CT molecular complexity index is 73.7. The molecule has 0 aromatic heterocycles. The molecule has 0 fully saturated rings. The number of carboxylic acid groups (broad SMARTS) is 2. The number of rotatable bonds is 0. The molecule has 0 atom stereocenters. The van der Waals surface area contributed by atoms with E-state index >= 15 is 0 Å². The van der Waals surface area contributed by atoms with Gasteiger partial charge in [-0.2, -0.15) is 0 Å². The molecule has 0 saturated heterocycles. The van der Waals surface area contributed by atoms with Gasteiger partial charge in [-0.25, -0.2) is 4.79 Å². The summed E-state index contributed by atoms with van der Waals surface area (Å²) < 4.78 is 8.52. The van der Waals surface area contributed by atoms with Gasteiger partial charge in [0, 0.05) is 9.17 Å². The first kappa shape index (κ1) is 22.4. The van der Waals surface area contributed by atoms with Gasteiger partial charge >= 0.3 is 65.3 Å². The van der Waals surface area contributed by atoms with E-state index in [2.05, 4.69) is 0 Å². The van der Waals surface area contributed by atoms with Crippen molar-refractivity contribution in [1.82, 2.24) is 0 Å². The van der Waals surface area contributed by atoms with Gasteiger partial charge < -0.3 is 24.3 Å². The maximum absolute atomic E-state index is 8.56. The van der Waals surface area contributed by atoms with Crippen LogP contribution < -0.4 is 68.7 Å². The minimum absolute atomic E-state index is 0. The summed E-state index contributed by atoms with van der Waals surface area (Å²) in [5, 5.41) is 13.9. The van der Waals surface area contributed by atoms with Gasteiger partial charge in [0.05, 0.1) is 0 Å². The van der Waals surface area contributed by atoms with Crippen LogP contribution in [0.15, 0.2) is 0 Å². The Morgan fingerprint density at radius 2 is 1.20 bits per heavy atom. The normalized spacial score (nSPS) is 4.80.